The van der Waals surface area contributed by atoms with Crippen LogP contribution in [0.15, 0.2) is 36.7 Å². The number of fused-ring (bicyclic) bond motifs is 2. The number of aromatic amines is 1. The second kappa shape index (κ2) is 5.71. The minimum Gasteiger partial charge on any atom is -0.348 e. The maximum absolute atomic E-state index is 4.48. The lowest BCUT2D eigenvalue weighted by molar-refractivity contribution is -0.00924. The topological polar surface area (TPSA) is 35.2 Å². The lowest BCUT2D eigenvalue weighted by Gasteiger charge is -2.51. The lowest BCUT2D eigenvalue weighted by atomic mass is 9.75. The highest BCUT2D eigenvalue weighted by atomic mass is 15.3. The van der Waals surface area contributed by atoms with Crippen LogP contribution in [0.4, 0.5) is 0 Å². The summed E-state index contributed by atoms with van der Waals surface area (Å²) in [5.74, 6) is 2.61. The minimum atomic E-state index is 0.633. The summed E-state index contributed by atoms with van der Waals surface area (Å²) in [6.07, 6.45) is 6.56. The molecule has 4 aliphatic rings. The Morgan fingerprint density at radius 1 is 1.12 bits per heavy atom. The molecule has 4 nitrogen and oxygen atoms in total. The van der Waals surface area contributed by atoms with Crippen molar-refractivity contribution >= 4 is 0 Å². The molecule has 4 aliphatic heterocycles. The third-order valence-corrected chi connectivity index (χ3v) is 6.51. The number of rotatable bonds is 3. The van der Waals surface area contributed by atoms with Crippen LogP contribution in [0.5, 0.6) is 0 Å². The number of hydrogen-bond acceptors (Lipinski definition) is 3. The summed E-state index contributed by atoms with van der Waals surface area (Å²) in [7, 11) is 0. The fourth-order valence-electron chi connectivity index (χ4n) is 5.41. The van der Waals surface area contributed by atoms with Gasteiger partial charge in [0, 0.05) is 36.9 Å². The first-order valence-corrected chi connectivity index (χ1v) is 9.32. The normalized spacial score (nSPS) is 35.3. The van der Waals surface area contributed by atoms with E-state index in [1.165, 1.54) is 37.1 Å². The van der Waals surface area contributed by atoms with Crippen molar-refractivity contribution in [3.8, 4) is 0 Å². The van der Waals surface area contributed by atoms with Crippen LogP contribution >= 0.6 is 0 Å². The van der Waals surface area contributed by atoms with Crippen LogP contribution in [-0.2, 0) is 6.54 Å². The number of hydrogen-bond donors (Lipinski definition) is 1. The van der Waals surface area contributed by atoms with Crippen LogP contribution < -0.4 is 0 Å². The number of nitrogens with one attached hydrogen (secondary N) is 1. The molecule has 2 aromatic rings. The van der Waals surface area contributed by atoms with Crippen LogP contribution in [-0.4, -0.2) is 51.5 Å². The van der Waals surface area contributed by atoms with Gasteiger partial charge in [-0.3, -0.25) is 9.80 Å². The Balaban J connectivity index is 1.48. The van der Waals surface area contributed by atoms with Gasteiger partial charge in [-0.25, -0.2) is 4.98 Å². The molecule has 1 aromatic heterocycles. The molecule has 5 heterocycles. The minimum absolute atomic E-state index is 0.633. The third kappa shape index (κ3) is 2.32. The van der Waals surface area contributed by atoms with Crippen LogP contribution in [0.25, 0.3) is 0 Å². The largest absolute Gasteiger partial charge is 0.348 e. The highest BCUT2D eigenvalue weighted by molar-refractivity contribution is 5.29. The van der Waals surface area contributed by atoms with E-state index in [2.05, 4.69) is 51.0 Å². The zero-order valence-electron chi connectivity index (χ0n) is 14.4. The van der Waals surface area contributed by atoms with E-state index in [9.17, 15) is 0 Å². The summed E-state index contributed by atoms with van der Waals surface area (Å²) < 4.78 is 0. The van der Waals surface area contributed by atoms with E-state index in [-0.39, 0.29) is 0 Å². The molecule has 0 spiro atoms. The quantitative estimate of drug-likeness (QED) is 0.944. The molecule has 0 amide bonds. The van der Waals surface area contributed by atoms with E-state index in [0.717, 1.165) is 24.8 Å². The Morgan fingerprint density at radius 2 is 1.92 bits per heavy atom. The Labute approximate surface area is 143 Å². The number of piperidine rings is 3. The van der Waals surface area contributed by atoms with Crippen molar-refractivity contribution in [2.45, 2.75) is 44.3 Å². The lowest BCUT2D eigenvalue weighted by Crippen LogP contribution is -2.60. The van der Waals surface area contributed by atoms with Crippen LogP contribution in [0, 0.1) is 12.8 Å². The van der Waals surface area contributed by atoms with Gasteiger partial charge in [0.15, 0.2) is 0 Å². The molecular weight excluding hydrogens is 296 g/mol. The van der Waals surface area contributed by atoms with E-state index in [1.54, 1.807) is 0 Å². The molecule has 1 aromatic carbocycles. The first-order chi connectivity index (χ1) is 11.8. The summed E-state index contributed by atoms with van der Waals surface area (Å²) in [6, 6.07) is 10.7. The predicted octanol–water partition coefficient (Wildman–Crippen LogP) is 2.78. The number of aromatic nitrogens is 2. The molecule has 1 N–H and O–H groups in total. The third-order valence-electron chi connectivity index (χ3n) is 6.51. The predicted molar refractivity (Wildman–Crippen MR) is 94.8 cm³/mol. The average Bonchev–Trinajstić information content (AvgIpc) is 3.26. The summed E-state index contributed by atoms with van der Waals surface area (Å²) in [5.41, 5.74) is 2.87. The van der Waals surface area contributed by atoms with Crippen molar-refractivity contribution in [3.05, 3.63) is 53.6 Å². The molecule has 2 bridgehead atoms. The summed E-state index contributed by atoms with van der Waals surface area (Å²) in [5, 5.41) is 0. The van der Waals surface area contributed by atoms with Crippen molar-refractivity contribution < 1.29 is 0 Å². The van der Waals surface area contributed by atoms with Gasteiger partial charge < -0.3 is 4.98 Å². The van der Waals surface area contributed by atoms with Crippen molar-refractivity contribution in [1.29, 1.82) is 0 Å². The SMILES string of the molecule is Cc1ccc([C@@H]2CN(Cc3ncc[nH]3)[C@H]3C4CCN(CC4)[C@@H]23)cc1. The molecule has 4 fully saturated rings. The first-order valence-electron chi connectivity index (χ1n) is 9.32. The van der Waals surface area contributed by atoms with Gasteiger partial charge in [0.05, 0.1) is 6.54 Å². The molecule has 0 unspecified atom stereocenters. The molecule has 0 radical (unpaired) electrons. The molecule has 3 atom stereocenters. The van der Waals surface area contributed by atoms with Crippen molar-refractivity contribution in [1.82, 2.24) is 19.8 Å². The summed E-state index contributed by atoms with van der Waals surface area (Å²) in [4.78, 5) is 13.3. The number of aryl methyl sites for hydroxylation is 1. The van der Waals surface area contributed by atoms with Gasteiger partial charge in [0.1, 0.15) is 5.82 Å². The maximum Gasteiger partial charge on any atom is 0.120 e. The molecule has 24 heavy (non-hydrogen) atoms. The Bertz CT molecular complexity index is 685. The van der Waals surface area contributed by atoms with E-state index in [0.29, 0.717) is 18.0 Å². The molecule has 0 aliphatic carbocycles. The Kier molecular flexibility index (Phi) is 3.49. The molecule has 4 saturated heterocycles. The van der Waals surface area contributed by atoms with Gasteiger partial charge >= 0.3 is 0 Å². The van der Waals surface area contributed by atoms with Gasteiger partial charge in [-0.15, -0.1) is 0 Å². The second-order valence-corrected chi connectivity index (χ2v) is 7.84. The van der Waals surface area contributed by atoms with Gasteiger partial charge in [0.2, 0.25) is 0 Å². The van der Waals surface area contributed by atoms with Gasteiger partial charge in [-0.2, -0.15) is 0 Å². The number of nitrogens with zero attached hydrogens (tertiary/aromatic N) is 3. The number of H-pyrrole nitrogens is 1. The van der Waals surface area contributed by atoms with E-state index in [4.69, 9.17) is 0 Å². The number of imidazole rings is 1. The van der Waals surface area contributed by atoms with E-state index in [1.807, 2.05) is 12.4 Å². The molecule has 6 rings (SSSR count). The number of benzene rings is 1. The zero-order chi connectivity index (χ0) is 16.1. The fraction of sp³-hybridized carbons (Fsp3) is 0.550. The molecule has 126 valence electrons. The van der Waals surface area contributed by atoms with Crippen LogP contribution in [0.3, 0.4) is 0 Å². The number of likely N-dealkylation sites (tertiary alicyclic amines) is 1. The van der Waals surface area contributed by atoms with E-state index < -0.39 is 0 Å². The monoisotopic (exact) mass is 322 g/mol. The van der Waals surface area contributed by atoms with Gasteiger partial charge in [0.25, 0.3) is 0 Å². The smallest absolute Gasteiger partial charge is 0.120 e. The first kappa shape index (κ1) is 14.7. The molecule has 0 saturated carbocycles. The van der Waals surface area contributed by atoms with Crippen molar-refractivity contribution in [2.75, 3.05) is 19.6 Å². The fourth-order valence-corrected chi connectivity index (χ4v) is 5.41. The van der Waals surface area contributed by atoms with Gasteiger partial charge in [-0.05, 0) is 44.3 Å². The summed E-state index contributed by atoms with van der Waals surface area (Å²) >= 11 is 0. The van der Waals surface area contributed by atoms with Crippen LogP contribution in [0.1, 0.15) is 35.7 Å². The van der Waals surface area contributed by atoms with Crippen molar-refractivity contribution in [2.24, 2.45) is 5.92 Å². The Morgan fingerprint density at radius 3 is 2.62 bits per heavy atom. The van der Waals surface area contributed by atoms with Gasteiger partial charge in [-0.1, -0.05) is 29.8 Å². The van der Waals surface area contributed by atoms with Crippen LogP contribution in [0.2, 0.25) is 0 Å². The molecular formula is C20H26N4. The standard InChI is InChI=1S/C20H26N4/c1-14-2-4-15(5-3-14)17-12-24(13-18-21-8-9-22-18)19-16-6-10-23(11-7-16)20(17)19/h2-5,8-9,16-17,19-20H,6-7,10-13H2,1H3,(H,21,22)/t17-,19-,20-/m0/s1. The maximum atomic E-state index is 4.48. The second-order valence-electron chi connectivity index (χ2n) is 7.84. The summed E-state index contributed by atoms with van der Waals surface area (Å²) in [6.45, 7) is 6.88. The average molecular weight is 322 g/mol. The Hall–Kier alpha value is -1.65. The zero-order valence-corrected chi connectivity index (χ0v) is 14.4. The molecule has 4 heteroatoms. The highest BCUT2D eigenvalue weighted by Gasteiger charge is 2.53. The van der Waals surface area contributed by atoms with Crippen molar-refractivity contribution in [3.63, 3.8) is 0 Å². The van der Waals surface area contributed by atoms with E-state index >= 15 is 0 Å². The highest BCUT2D eigenvalue weighted by Crippen LogP contribution is 2.46.